The average Bonchev–Trinajstić information content (AvgIpc) is 1.73. The summed E-state index contributed by atoms with van der Waals surface area (Å²) in [5.74, 6) is -1.61. The van der Waals surface area contributed by atoms with Crippen molar-refractivity contribution in [1.29, 1.82) is 0 Å². The van der Waals surface area contributed by atoms with Crippen molar-refractivity contribution in [3.8, 4) is 45.0 Å². The molecule has 115 heavy (non-hydrogen) atoms. The zero-order valence-corrected chi connectivity index (χ0v) is 72.3. The van der Waals surface area contributed by atoms with E-state index in [2.05, 4.69) is 172 Å². The van der Waals surface area contributed by atoms with Gasteiger partial charge in [0.05, 0.1) is 22.3 Å². The fourth-order valence-corrected chi connectivity index (χ4v) is 16.0. The fourth-order valence-electron chi connectivity index (χ4n) is 16.0. The molecule has 0 aliphatic rings. The number of rotatable bonds is 16. The van der Waals surface area contributed by atoms with Crippen molar-refractivity contribution in [2.24, 2.45) is 28.2 Å². The van der Waals surface area contributed by atoms with Gasteiger partial charge < -0.3 is 17.7 Å². The Morgan fingerprint density at radius 3 is 0.861 bits per heavy atom. The average molecular weight is 1550 g/mol. The van der Waals surface area contributed by atoms with Crippen molar-refractivity contribution in [3.63, 3.8) is 0 Å². The van der Waals surface area contributed by atoms with E-state index < -0.39 is 43.7 Å². The summed E-state index contributed by atoms with van der Waals surface area (Å²) in [5, 5.41) is 8.02. The molecule has 0 saturated heterocycles. The summed E-state index contributed by atoms with van der Waals surface area (Å²) >= 11 is 0. The first-order valence-corrected chi connectivity index (χ1v) is 40.5. The van der Waals surface area contributed by atoms with Crippen LogP contribution in [-0.2, 0) is 60.2 Å². The quantitative estimate of drug-likeness (QED) is 0.0878. The highest BCUT2D eigenvalue weighted by Crippen LogP contribution is 2.44. The first-order chi connectivity index (χ1) is 59.0. The third-order valence-corrected chi connectivity index (χ3v) is 22.6. The molecular formula is C103H122N8O4+4. The zero-order valence-electron chi connectivity index (χ0n) is 84.3. The lowest BCUT2D eigenvalue weighted by atomic mass is 9.90. The minimum Gasteiger partial charge on any atom is -0.437 e. The Labute approximate surface area is 698 Å². The predicted octanol–water partition coefficient (Wildman–Crippen LogP) is 25.8. The Kier molecular flexibility index (Phi) is 19.8. The van der Waals surface area contributed by atoms with Crippen LogP contribution < -0.4 is 18.3 Å². The standard InChI is InChI=1S/3C26H31N2O.C25H29N2O/c1-8-18-10-12-20-19-11-9-17(6)24(25(19)29-26(20)27-18)23-13-21(15(2)3)22(16(4)5)14-28(23)7;2*1-8-18-14-28(7)23(13-21(18)15(2)3)24-17(6)9-10-19-20-11-12-22(16(4)5)27-26(20)29-25(19)24;1-7-17-14-27(6)22(13-21(17)15(3)4)23-16(5)9-11-19-20-12-10-18(8-2)26-25(20)28-24(19)23/h3*9-16H,8H2,1-7H3;9-15H,7-8H2,1-6H3/q4*+1/i;1D3,8D2,15D;8D2,15D;7D2,15D. The second-order valence-corrected chi connectivity index (χ2v) is 32.9. The summed E-state index contributed by atoms with van der Waals surface area (Å²) in [7, 11) is 7.73. The first-order valence-electron chi connectivity index (χ1n) is 46.5. The lowest BCUT2D eigenvalue weighted by Gasteiger charge is -2.16. The molecule has 594 valence electrons. The van der Waals surface area contributed by atoms with E-state index in [-0.39, 0.29) is 11.5 Å². The SMILES string of the molecule is CCc1ccc2c(n1)oc1c(-c3cc(C(C)C)c(C(C)C)c[n+]3C)c(C)ccc12.[2H]C(C)(C)c1cc(-c2c(C)ccc3c2oc2nc(C(C)C)ccc23)[n+](C)cc1C([2H])([2H])C([2H])([2H])[2H].[2H]C([2H])(C)c1c[n+](C)c(-c2c(C)ccc3c2oc2nc(C(C)C)ccc23)cc1C([2H])(C)C.[2H]C([2H])(C)c1c[n+](C)c(-c2c(C)ccc3c2oc2nc(CC)ccc23)cc1C([2H])(C)C. The second-order valence-electron chi connectivity index (χ2n) is 32.9. The molecule has 12 heteroatoms. The number of hydrogen-bond acceptors (Lipinski definition) is 8. The van der Waals surface area contributed by atoms with E-state index in [1.165, 1.54) is 34.1 Å². The number of aryl methyl sites for hydroxylation is 13. The monoisotopic (exact) mass is 1550 g/mol. The minimum absolute atomic E-state index is 0.0126. The van der Waals surface area contributed by atoms with Crippen LogP contribution in [0, 0.1) is 27.7 Å². The zero-order chi connectivity index (χ0) is 93.3. The van der Waals surface area contributed by atoms with Crippen LogP contribution in [0.3, 0.4) is 0 Å². The van der Waals surface area contributed by atoms with Crippen LogP contribution in [0.1, 0.15) is 279 Å². The van der Waals surface area contributed by atoms with Crippen LogP contribution in [0.25, 0.3) is 133 Å². The van der Waals surface area contributed by atoms with Gasteiger partial charge >= 0.3 is 0 Å². The second kappa shape index (κ2) is 33.6. The van der Waals surface area contributed by atoms with Gasteiger partial charge in [0.1, 0.15) is 28.2 Å². The number of fused-ring (bicyclic) bond motifs is 12. The Hall–Kier alpha value is -10.7. The van der Waals surface area contributed by atoms with Gasteiger partial charge in [0.2, 0.25) is 45.6 Å². The minimum atomic E-state index is -2.88. The molecule has 0 radical (unpaired) electrons. The van der Waals surface area contributed by atoms with Crippen LogP contribution in [0.15, 0.2) is 164 Å². The normalized spacial score (nSPS) is 14.3. The molecule has 16 aromatic rings. The third-order valence-electron chi connectivity index (χ3n) is 22.6. The maximum Gasteiger partial charge on any atom is 0.227 e. The van der Waals surface area contributed by atoms with E-state index in [4.69, 9.17) is 49.1 Å². The van der Waals surface area contributed by atoms with E-state index in [1.54, 1.807) is 73.1 Å². The summed E-state index contributed by atoms with van der Waals surface area (Å²) < 4.78 is 133. The lowest BCUT2D eigenvalue weighted by molar-refractivity contribution is -0.661. The summed E-state index contributed by atoms with van der Waals surface area (Å²) in [6, 6.07) is 41.2. The summed E-state index contributed by atoms with van der Waals surface area (Å²) in [5.41, 5.74) is 27.0. The van der Waals surface area contributed by atoms with Crippen molar-refractivity contribution >= 4 is 88.3 Å². The molecule has 12 nitrogen and oxygen atoms in total. The van der Waals surface area contributed by atoms with E-state index in [0.29, 0.717) is 74.0 Å². The molecule has 0 amide bonds. The van der Waals surface area contributed by atoms with Gasteiger partial charge in [-0.2, -0.15) is 0 Å². The maximum absolute atomic E-state index is 8.70. The van der Waals surface area contributed by atoms with Crippen LogP contribution in [0.4, 0.5) is 0 Å². The number of aromatic nitrogens is 8. The molecule has 12 heterocycles. The number of benzene rings is 4. The summed E-state index contributed by atoms with van der Waals surface area (Å²) in [4.78, 5) is 18.9. The number of furan rings is 4. The van der Waals surface area contributed by atoms with Gasteiger partial charge in [-0.3, -0.25) is 0 Å². The van der Waals surface area contributed by atoms with Gasteiger partial charge in [-0.15, -0.1) is 0 Å². The highest BCUT2D eigenvalue weighted by Gasteiger charge is 2.30. The predicted molar refractivity (Wildman–Crippen MR) is 477 cm³/mol. The molecule has 0 spiro atoms. The van der Waals surface area contributed by atoms with E-state index in [9.17, 15) is 0 Å². The van der Waals surface area contributed by atoms with Gasteiger partial charge in [0, 0.05) is 129 Å². The molecule has 16 rings (SSSR count). The Morgan fingerprint density at radius 1 is 0.322 bits per heavy atom. The Morgan fingerprint density at radius 2 is 0.591 bits per heavy atom. The molecule has 4 aromatic carbocycles. The van der Waals surface area contributed by atoms with Gasteiger partial charge in [-0.1, -0.05) is 180 Å². The Bertz CT molecular complexity index is 6970. The van der Waals surface area contributed by atoms with Crippen molar-refractivity contribution in [3.05, 3.63) is 236 Å². The molecule has 0 aliphatic carbocycles. The molecular weight excluding hydrogens is 1410 g/mol. The van der Waals surface area contributed by atoms with E-state index in [1.807, 2.05) is 98.9 Å². The lowest BCUT2D eigenvalue weighted by Crippen LogP contribution is -2.32. The van der Waals surface area contributed by atoms with Gasteiger partial charge in [0.15, 0.2) is 47.1 Å². The fraction of sp³-hybridized carbons (Fsp3) is 0.379. The van der Waals surface area contributed by atoms with Crippen LogP contribution >= 0.6 is 0 Å². The van der Waals surface area contributed by atoms with E-state index in [0.717, 1.165) is 146 Å². The molecule has 0 N–H and O–H groups in total. The number of hydrogen-bond donors (Lipinski definition) is 0. The van der Waals surface area contributed by atoms with Crippen molar-refractivity contribution in [2.45, 2.75) is 232 Å². The van der Waals surface area contributed by atoms with Crippen LogP contribution in [0.2, 0.25) is 0 Å². The van der Waals surface area contributed by atoms with Gasteiger partial charge in [-0.25, -0.2) is 38.2 Å². The first kappa shape index (κ1) is 67.6. The summed E-state index contributed by atoms with van der Waals surface area (Å²) in [6.45, 7) is 40.6. The highest BCUT2D eigenvalue weighted by molar-refractivity contribution is 6.12. The van der Waals surface area contributed by atoms with Crippen molar-refractivity contribution in [1.82, 2.24) is 19.9 Å². The van der Waals surface area contributed by atoms with Gasteiger partial charge in [-0.05, 0) is 194 Å². The van der Waals surface area contributed by atoms with Crippen LogP contribution in [-0.4, -0.2) is 19.9 Å². The molecule has 0 unspecified atom stereocenters. The highest BCUT2D eigenvalue weighted by atomic mass is 16.4. The number of pyridine rings is 8. The third kappa shape index (κ3) is 15.8. The molecule has 12 aromatic heterocycles. The van der Waals surface area contributed by atoms with Crippen molar-refractivity contribution in [2.75, 3.05) is 0 Å². The molecule has 0 aliphatic heterocycles. The molecule has 0 fully saturated rings. The largest absolute Gasteiger partial charge is 0.437 e. The molecule has 0 bridgehead atoms. The van der Waals surface area contributed by atoms with Crippen LogP contribution in [0.5, 0.6) is 0 Å². The molecule has 0 atom stereocenters. The maximum atomic E-state index is 8.70. The molecule has 0 saturated carbocycles. The topological polar surface area (TPSA) is 120 Å². The van der Waals surface area contributed by atoms with Crippen molar-refractivity contribution < 1.29 is 52.4 Å². The Balaban J connectivity index is 0.000000145. The number of nitrogens with zero attached hydrogens (tertiary/aromatic N) is 8. The smallest absolute Gasteiger partial charge is 0.227 e. The summed E-state index contributed by atoms with van der Waals surface area (Å²) in [6.07, 6.45) is 3.46. The van der Waals surface area contributed by atoms with E-state index >= 15 is 0 Å². The van der Waals surface area contributed by atoms with Gasteiger partial charge in [0.25, 0.3) is 0 Å².